The highest BCUT2D eigenvalue weighted by atomic mass is 32.2. The topological polar surface area (TPSA) is 24.7 Å². The molecule has 0 radical (unpaired) electrons. The van der Waals surface area contributed by atoms with Crippen LogP contribution in [0.1, 0.15) is 12.8 Å². The van der Waals surface area contributed by atoms with Crippen molar-refractivity contribution in [2.75, 3.05) is 0 Å². The standard InChI is InChI=1S/C8H8N2S2/c11-8-9-5-6(10-8)4-7-2-1-3-12-7/h1,3,5,7H,2,4H2. The normalized spacial score (nSPS) is 26.8. The van der Waals surface area contributed by atoms with E-state index in [1.165, 1.54) is 0 Å². The summed E-state index contributed by atoms with van der Waals surface area (Å²) in [6.45, 7) is 0. The summed E-state index contributed by atoms with van der Waals surface area (Å²) in [5.74, 6) is 0. The molecule has 0 saturated heterocycles. The maximum Gasteiger partial charge on any atom is 0.219 e. The highest BCUT2D eigenvalue weighted by Gasteiger charge is 2.15. The fourth-order valence-electron chi connectivity index (χ4n) is 1.20. The minimum absolute atomic E-state index is 0.473. The van der Waals surface area contributed by atoms with Crippen molar-refractivity contribution in [1.29, 1.82) is 0 Å². The van der Waals surface area contributed by atoms with Crippen LogP contribution in [0.25, 0.3) is 0 Å². The van der Waals surface area contributed by atoms with E-state index in [9.17, 15) is 0 Å². The number of hydrogen-bond donors (Lipinski definition) is 0. The molecule has 1 atom stereocenters. The van der Waals surface area contributed by atoms with E-state index in [2.05, 4.69) is 21.5 Å². The van der Waals surface area contributed by atoms with Crippen LogP contribution in [0.15, 0.2) is 21.5 Å². The van der Waals surface area contributed by atoms with Gasteiger partial charge in [-0.15, -0.1) is 11.8 Å². The van der Waals surface area contributed by atoms with Gasteiger partial charge in [-0.1, -0.05) is 6.08 Å². The average Bonchev–Trinajstić information content (AvgIpc) is 2.63. The van der Waals surface area contributed by atoms with Crippen LogP contribution < -0.4 is 0 Å². The fraction of sp³-hybridized carbons (Fsp3) is 0.375. The summed E-state index contributed by atoms with van der Waals surface area (Å²) in [4.78, 5) is 8.07. The second kappa shape index (κ2) is 3.49. The first-order chi connectivity index (χ1) is 5.84. The average molecular weight is 196 g/mol. The van der Waals surface area contributed by atoms with Crippen LogP contribution in [0, 0.1) is 0 Å². The zero-order valence-electron chi connectivity index (χ0n) is 6.43. The molecule has 0 aromatic heterocycles. The van der Waals surface area contributed by atoms with E-state index >= 15 is 0 Å². The van der Waals surface area contributed by atoms with Crippen LogP contribution in [0.4, 0.5) is 0 Å². The SMILES string of the molecule is S=C1N=CC(CC2CC=CS2)=N1. The van der Waals surface area contributed by atoms with E-state index in [1.54, 1.807) is 6.21 Å². The molecule has 0 fully saturated rings. The lowest BCUT2D eigenvalue weighted by molar-refractivity contribution is 0.940. The number of allylic oxidation sites excluding steroid dienone is 1. The van der Waals surface area contributed by atoms with E-state index in [1.807, 2.05) is 11.8 Å². The van der Waals surface area contributed by atoms with Crippen molar-refractivity contribution >= 4 is 41.0 Å². The molecule has 0 spiro atoms. The van der Waals surface area contributed by atoms with Gasteiger partial charge in [0, 0.05) is 11.7 Å². The van der Waals surface area contributed by atoms with Crippen molar-refractivity contribution in [3.8, 4) is 0 Å². The number of thioether (sulfide) groups is 1. The fourth-order valence-corrected chi connectivity index (χ4v) is 2.31. The molecule has 0 aromatic carbocycles. The van der Waals surface area contributed by atoms with Gasteiger partial charge in [0.1, 0.15) is 0 Å². The van der Waals surface area contributed by atoms with E-state index in [0.29, 0.717) is 10.4 Å². The maximum absolute atomic E-state index is 4.83. The van der Waals surface area contributed by atoms with Crippen LogP contribution >= 0.6 is 24.0 Å². The van der Waals surface area contributed by atoms with Crippen molar-refractivity contribution in [3.05, 3.63) is 11.5 Å². The van der Waals surface area contributed by atoms with Gasteiger partial charge in [0.2, 0.25) is 5.11 Å². The van der Waals surface area contributed by atoms with E-state index < -0.39 is 0 Å². The molecule has 4 heteroatoms. The molecule has 2 heterocycles. The Morgan fingerprint density at radius 3 is 3.17 bits per heavy atom. The summed E-state index contributed by atoms with van der Waals surface area (Å²) in [6, 6.07) is 0. The second-order valence-corrected chi connectivity index (χ2v) is 4.29. The highest BCUT2D eigenvalue weighted by Crippen LogP contribution is 2.27. The predicted octanol–water partition coefficient (Wildman–Crippen LogP) is 2.21. The molecule has 62 valence electrons. The monoisotopic (exact) mass is 196 g/mol. The van der Waals surface area contributed by atoms with Gasteiger partial charge in [-0.3, -0.25) is 0 Å². The predicted molar refractivity (Wildman–Crippen MR) is 58.3 cm³/mol. The molecule has 2 nitrogen and oxygen atoms in total. The Kier molecular flexibility index (Phi) is 2.37. The van der Waals surface area contributed by atoms with Crippen molar-refractivity contribution < 1.29 is 0 Å². The molecule has 0 aliphatic carbocycles. The number of hydrogen-bond acceptors (Lipinski definition) is 2. The highest BCUT2D eigenvalue weighted by molar-refractivity contribution is 8.03. The third kappa shape index (κ3) is 1.81. The quantitative estimate of drug-likeness (QED) is 0.632. The Hall–Kier alpha value is -0.480. The number of nitrogens with zero attached hydrogens (tertiary/aromatic N) is 2. The molecule has 0 bridgehead atoms. The lowest BCUT2D eigenvalue weighted by Gasteiger charge is -2.04. The summed E-state index contributed by atoms with van der Waals surface area (Å²) in [7, 11) is 0. The first-order valence-electron chi connectivity index (χ1n) is 3.80. The van der Waals surface area contributed by atoms with Crippen LogP contribution in [-0.4, -0.2) is 22.3 Å². The van der Waals surface area contributed by atoms with Crippen molar-refractivity contribution in [1.82, 2.24) is 0 Å². The zero-order chi connectivity index (χ0) is 8.39. The Bertz CT molecular complexity index is 283. The summed E-state index contributed by atoms with van der Waals surface area (Å²) in [5.41, 5.74) is 1.03. The van der Waals surface area contributed by atoms with Crippen LogP contribution in [0.5, 0.6) is 0 Å². The molecule has 0 aromatic rings. The first kappa shape index (κ1) is 8.13. The van der Waals surface area contributed by atoms with E-state index in [0.717, 1.165) is 18.6 Å². The van der Waals surface area contributed by atoms with Crippen LogP contribution in [-0.2, 0) is 0 Å². The van der Waals surface area contributed by atoms with Gasteiger partial charge in [0.25, 0.3) is 0 Å². The minimum Gasteiger partial charge on any atom is -0.225 e. The summed E-state index contributed by atoms with van der Waals surface area (Å²) >= 11 is 6.69. The Labute approximate surface area is 80.9 Å². The molecule has 0 N–H and O–H groups in total. The molecule has 12 heavy (non-hydrogen) atoms. The molecule has 2 rings (SSSR count). The Balaban J connectivity index is 1.92. The van der Waals surface area contributed by atoms with Gasteiger partial charge in [0.15, 0.2) is 0 Å². The molecule has 2 aliphatic rings. The molecular formula is C8H8N2S2. The van der Waals surface area contributed by atoms with Gasteiger partial charge >= 0.3 is 0 Å². The van der Waals surface area contributed by atoms with E-state index in [-0.39, 0.29) is 0 Å². The zero-order valence-corrected chi connectivity index (χ0v) is 8.07. The smallest absolute Gasteiger partial charge is 0.219 e. The van der Waals surface area contributed by atoms with Crippen molar-refractivity contribution in [2.24, 2.45) is 9.98 Å². The van der Waals surface area contributed by atoms with Crippen molar-refractivity contribution in [2.45, 2.75) is 18.1 Å². The third-order valence-electron chi connectivity index (χ3n) is 1.77. The minimum atomic E-state index is 0.473. The lowest BCUT2D eigenvalue weighted by atomic mass is 10.2. The van der Waals surface area contributed by atoms with Gasteiger partial charge in [-0.25, -0.2) is 9.98 Å². The third-order valence-corrected chi connectivity index (χ3v) is 3.06. The maximum atomic E-state index is 4.83. The summed E-state index contributed by atoms with van der Waals surface area (Å²) < 4.78 is 0. The van der Waals surface area contributed by atoms with Crippen molar-refractivity contribution in [3.63, 3.8) is 0 Å². The molecule has 2 aliphatic heterocycles. The largest absolute Gasteiger partial charge is 0.225 e. The lowest BCUT2D eigenvalue weighted by Crippen LogP contribution is -2.07. The number of aliphatic imine (C=N–C) groups is 2. The van der Waals surface area contributed by atoms with Gasteiger partial charge < -0.3 is 0 Å². The number of thiocarbonyl (C=S) groups is 1. The van der Waals surface area contributed by atoms with Crippen LogP contribution in [0.3, 0.4) is 0 Å². The summed E-state index contributed by atoms with van der Waals surface area (Å²) in [5, 5.41) is 3.27. The Morgan fingerprint density at radius 2 is 2.58 bits per heavy atom. The van der Waals surface area contributed by atoms with Crippen LogP contribution in [0.2, 0.25) is 0 Å². The Morgan fingerprint density at radius 1 is 1.67 bits per heavy atom. The number of rotatable bonds is 2. The molecule has 0 saturated carbocycles. The first-order valence-corrected chi connectivity index (χ1v) is 5.16. The van der Waals surface area contributed by atoms with Gasteiger partial charge in [0.05, 0.1) is 11.9 Å². The molecule has 0 amide bonds. The van der Waals surface area contributed by atoms with E-state index in [4.69, 9.17) is 12.2 Å². The summed E-state index contributed by atoms with van der Waals surface area (Å²) in [6.07, 6.45) is 6.10. The van der Waals surface area contributed by atoms with Gasteiger partial charge in [-0.05, 0) is 24.0 Å². The second-order valence-electron chi connectivity index (χ2n) is 2.71. The molecule has 1 unspecified atom stereocenters. The van der Waals surface area contributed by atoms with Gasteiger partial charge in [-0.2, -0.15) is 0 Å². The molecular weight excluding hydrogens is 188 g/mol.